The number of amidine groups is 1. The number of nitrogens with zero attached hydrogens (tertiary/aromatic N) is 1. The number of rotatable bonds is 7. The van der Waals surface area contributed by atoms with Crippen LogP contribution in [0.15, 0.2) is 30.1 Å². The smallest absolute Gasteiger partial charge is 0.239 e. The molecule has 142 valence electrons. The zero-order valence-corrected chi connectivity index (χ0v) is 16.1. The molecule has 0 bridgehead atoms. The number of piperidine rings is 1. The Hall–Kier alpha value is -2.12. The van der Waals surface area contributed by atoms with Gasteiger partial charge >= 0.3 is 0 Å². The first-order valence-electron chi connectivity index (χ1n) is 8.35. The molecule has 0 saturated carbocycles. The summed E-state index contributed by atoms with van der Waals surface area (Å²) in [6, 6.07) is 5.10. The van der Waals surface area contributed by atoms with Crippen molar-refractivity contribution < 1.29 is 4.79 Å². The van der Waals surface area contributed by atoms with E-state index in [1.165, 1.54) is 0 Å². The van der Waals surface area contributed by atoms with Gasteiger partial charge in [0, 0.05) is 48.0 Å². The second-order valence-corrected chi connectivity index (χ2v) is 6.97. The van der Waals surface area contributed by atoms with Crippen molar-refractivity contribution in [1.82, 2.24) is 15.5 Å². The van der Waals surface area contributed by atoms with Crippen molar-refractivity contribution in [2.75, 3.05) is 32.0 Å². The topological polar surface area (TPSA) is 106 Å². The quantitative estimate of drug-likeness (QED) is 0.356. The summed E-state index contributed by atoms with van der Waals surface area (Å²) < 4.78 is 0. The zero-order valence-electron chi connectivity index (χ0n) is 14.6. The van der Waals surface area contributed by atoms with E-state index in [0.717, 1.165) is 25.2 Å². The van der Waals surface area contributed by atoms with Gasteiger partial charge in [0.05, 0.1) is 6.54 Å². The molecule has 0 aromatic heterocycles. The molecular formula is C17H24Cl2N6O. The van der Waals surface area contributed by atoms with Crippen LogP contribution in [-0.4, -0.2) is 49.4 Å². The molecule has 0 aliphatic carbocycles. The second kappa shape index (κ2) is 9.54. The summed E-state index contributed by atoms with van der Waals surface area (Å²) in [6.07, 6.45) is 3.43. The molecule has 7 nitrogen and oxygen atoms in total. The highest BCUT2D eigenvalue weighted by Gasteiger charge is 2.22. The molecule has 2 rings (SSSR count). The van der Waals surface area contributed by atoms with Gasteiger partial charge < -0.3 is 26.6 Å². The Morgan fingerprint density at radius 3 is 2.69 bits per heavy atom. The van der Waals surface area contributed by atoms with E-state index in [0.29, 0.717) is 22.3 Å². The molecule has 1 aliphatic heterocycles. The number of nitrogens with two attached hydrogens (primary N) is 1. The molecule has 1 amide bonds. The van der Waals surface area contributed by atoms with Crippen molar-refractivity contribution >= 4 is 40.6 Å². The highest BCUT2D eigenvalue weighted by Crippen LogP contribution is 2.22. The van der Waals surface area contributed by atoms with Gasteiger partial charge in [-0.1, -0.05) is 23.2 Å². The highest BCUT2D eigenvalue weighted by molar-refractivity contribution is 6.35. The number of hydrogen-bond donors (Lipinski definition) is 5. The third kappa shape index (κ3) is 6.31. The number of carbonyl (C=O) groups is 1. The average Bonchev–Trinajstić information content (AvgIpc) is 2.57. The largest absolute Gasteiger partial charge is 0.384 e. The van der Waals surface area contributed by atoms with Crippen LogP contribution in [0.5, 0.6) is 0 Å². The number of likely N-dealkylation sites (tertiary alicyclic amines) is 1. The molecule has 0 unspecified atom stereocenters. The molecule has 1 aliphatic rings. The maximum atomic E-state index is 12.2. The van der Waals surface area contributed by atoms with E-state index in [-0.39, 0.29) is 24.3 Å². The Bertz CT molecular complexity index is 674. The van der Waals surface area contributed by atoms with Gasteiger partial charge in [-0.2, -0.15) is 0 Å². The first kappa shape index (κ1) is 20.2. The van der Waals surface area contributed by atoms with Gasteiger partial charge in [0.1, 0.15) is 11.7 Å². The minimum Gasteiger partial charge on any atom is -0.384 e. The maximum Gasteiger partial charge on any atom is 0.239 e. The standard InChI is InChI=1S/C17H24Cl2N6O/c1-22-16(8-15(20)21)25-4-2-3-13(10-25)24-17(26)9-23-14-6-11(18)5-12(19)7-14/h5-8,13,22-23H,2-4,9-10H2,1H3,(H3,20,21)(H,24,26)/b16-8+/t13-/m1/s1. The number of nitrogens with one attached hydrogen (secondary N) is 4. The summed E-state index contributed by atoms with van der Waals surface area (Å²) >= 11 is 11.9. The number of halogens is 2. The molecular weight excluding hydrogens is 375 g/mol. The highest BCUT2D eigenvalue weighted by atomic mass is 35.5. The van der Waals surface area contributed by atoms with Gasteiger partial charge in [-0.15, -0.1) is 0 Å². The Balaban J connectivity index is 1.87. The fourth-order valence-corrected chi connectivity index (χ4v) is 3.43. The van der Waals surface area contributed by atoms with Crippen molar-refractivity contribution in [2.24, 2.45) is 5.73 Å². The van der Waals surface area contributed by atoms with Gasteiger partial charge in [-0.05, 0) is 31.0 Å². The fourth-order valence-electron chi connectivity index (χ4n) is 2.90. The lowest BCUT2D eigenvalue weighted by Gasteiger charge is -2.36. The summed E-state index contributed by atoms with van der Waals surface area (Å²) in [4.78, 5) is 14.3. The minimum atomic E-state index is -0.102. The first-order chi connectivity index (χ1) is 12.4. The number of carbonyl (C=O) groups excluding carboxylic acids is 1. The van der Waals surface area contributed by atoms with Crippen LogP contribution in [0, 0.1) is 5.41 Å². The molecule has 0 radical (unpaired) electrons. The molecule has 1 atom stereocenters. The number of benzene rings is 1. The predicted molar refractivity (Wildman–Crippen MR) is 107 cm³/mol. The normalized spacial score (nSPS) is 17.6. The van der Waals surface area contributed by atoms with Crippen molar-refractivity contribution in [3.05, 3.63) is 40.1 Å². The van der Waals surface area contributed by atoms with Gasteiger partial charge in [0.15, 0.2) is 0 Å². The lowest BCUT2D eigenvalue weighted by atomic mass is 10.1. The third-order valence-electron chi connectivity index (χ3n) is 3.99. The minimum absolute atomic E-state index is 0.00936. The monoisotopic (exact) mass is 398 g/mol. The predicted octanol–water partition coefficient (Wildman–Crippen LogP) is 1.98. The molecule has 26 heavy (non-hydrogen) atoms. The van der Waals surface area contributed by atoms with Crippen molar-refractivity contribution in [3.8, 4) is 0 Å². The third-order valence-corrected chi connectivity index (χ3v) is 4.43. The number of amides is 1. The summed E-state index contributed by atoms with van der Waals surface area (Å²) in [5.74, 6) is 0.669. The molecule has 1 fully saturated rings. The van der Waals surface area contributed by atoms with Crippen LogP contribution in [0.4, 0.5) is 5.69 Å². The van der Waals surface area contributed by atoms with Crippen LogP contribution < -0.4 is 21.7 Å². The first-order valence-corrected chi connectivity index (χ1v) is 9.10. The summed E-state index contributed by atoms with van der Waals surface area (Å²) in [7, 11) is 1.79. The fraction of sp³-hybridized carbons (Fsp3) is 0.412. The van der Waals surface area contributed by atoms with Gasteiger partial charge in [0.25, 0.3) is 0 Å². The molecule has 6 N–H and O–H groups in total. The van der Waals surface area contributed by atoms with Crippen LogP contribution in [0.2, 0.25) is 10.0 Å². The van der Waals surface area contributed by atoms with Gasteiger partial charge in [-0.3, -0.25) is 10.2 Å². The van der Waals surface area contributed by atoms with E-state index >= 15 is 0 Å². The van der Waals surface area contributed by atoms with Crippen molar-refractivity contribution in [2.45, 2.75) is 18.9 Å². The molecule has 1 aromatic rings. The van der Waals surface area contributed by atoms with Crippen LogP contribution in [0.3, 0.4) is 0 Å². The molecule has 1 saturated heterocycles. The van der Waals surface area contributed by atoms with E-state index in [4.69, 9.17) is 34.3 Å². The van der Waals surface area contributed by atoms with Crippen LogP contribution in [0.1, 0.15) is 12.8 Å². The zero-order chi connectivity index (χ0) is 19.1. The van der Waals surface area contributed by atoms with Crippen LogP contribution in [0.25, 0.3) is 0 Å². The molecule has 1 heterocycles. The molecule has 0 spiro atoms. The van der Waals surface area contributed by atoms with Gasteiger partial charge in [-0.25, -0.2) is 0 Å². The SMILES string of the molecule is CN/C(=C\C(=N)N)N1CCC[C@@H](NC(=O)CNc2cc(Cl)cc(Cl)c2)C1. The van der Waals surface area contributed by atoms with E-state index in [2.05, 4.69) is 20.9 Å². The molecule has 1 aromatic carbocycles. The summed E-state index contributed by atoms with van der Waals surface area (Å²) in [5, 5.41) is 17.5. The number of hydrogen-bond acceptors (Lipinski definition) is 5. The van der Waals surface area contributed by atoms with Crippen LogP contribution in [-0.2, 0) is 4.79 Å². The van der Waals surface area contributed by atoms with Gasteiger partial charge in [0.2, 0.25) is 5.91 Å². The van der Waals surface area contributed by atoms with Crippen LogP contribution >= 0.6 is 23.2 Å². The Labute approximate surface area is 163 Å². The lowest BCUT2D eigenvalue weighted by molar-refractivity contribution is -0.120. The number of anilines is 1. The van der Waals surface area contributed by atoms with E-state index in [9.17, 15) is 4.79 Å². The maximum absolute atomic E-state index is 12.2. The Kier molecular flexibility index (Phi) is 7.41. The summed E-state index contributed by atoms with van der Waals surface area (Å²) in [6.45, 7) is 1.65. The second-order valence-electron chi connectivity index (χ2n) is 6.10. The molecule has 9 heteroatoms. The van der Waals surface area contributed by atoms with E-state index in [1.807, 2.05) is 0 Å². The van der Waals surface area contributed by atoms with E-state index < -0.39 is 0 Å². The Morgan fingerprint density at radius 2 is 2.08 bits per heavy atom. The summed E-state index contributed by atoms with van der Waals surface area (Å²) in [5.41, 5.74) is 6.15. The van der Waals surface area contributed by atoms with Crippen molar-refractivity contribution in [1.29, 1.82) is 5.41 Å². The van der Waals surface area contributed by atoms with Crippen molar-refractivity contribution in [3.63, 3.8) is 0 Å². The average molecular weight is 399 g/mol. The van der Waals surface area contributed by atoms with E-state index in [1.54, 1.807) is 31.3 Å². The Morgan fingerprint density at radius 1 is 1.38 bits per heavy atom. The lowest BCUT2D eigenvalue weighted by Crippen LogP contribution is -2.50.